The van der Waals surface area contributed by atoms with E-state index in [-0.39, 0.29) is 5.56 Å². The molecular weight excluding hydrogens is 207 g/mol. The zero-order valence-electron chi connectivity index (χ0n) is 8.66. The topological polar surface area (TPSA) is 59.0 Å². The number of hydrogen-bond donors (Lipinski definition) is 1. The standard InChI is InChI=1S/C12H11FN2O/c13-11-6-12(15)10(5-9(11)7-14)8-1-3-16-4-2-8/h1,5-6H,2-4,15H2. The molecule has 82 valence electrons. The molecule has 0 bridgehead atoms. The molecule has 16 heavy (non-hydrogen) atoms. The minimum absolute atomic E-state index is 0.0246. The summed E-state index contributed by atoms with van der Waals surface area (Å²) in [5, 5.41) is 8.76. The first kappa shape index (κ1) is 10.7. The highest BCUT2D eigenvalue weighted by Gasteiger charge is 2.13. The summed E-state index contributed by atoms with van der Waals surface area (Å²) in [6.07, 6.45) is 2.65. The number of benzene rings is 1. The van der Waals surface area contributed by atoms with E-state index in [1.807, 2.05) is 12.1 Å². The van der Waals surface area contributed by atoms with E-state index in [1.165, 1.54) is 12.1 Å². The Morgan fingerprint density at radius 3 is 2.88 bits per heavy atom. The van der Waals surface area contributed by atoms with Crippen molar-refractivity contribution < 1.29 is 9.13 Å². The van der Waals surface area contributed by atoms with Gasteiger partial charge in [0.15, 0.2) is 0 Å². The summed E-state index contributed by atoms with van der Waals surface area (Å²) in [5.74, 6) is -0.573. The second-order valence-electron chi connectivity index (χ2n) is 3.59. The van der Waals surface area contributed by atoms with Gasteiger partial charge in [-0.25, -0.2) is 4.39 Å². The molecule has 0 fully saturated rings. The van der Waals surface area contributed by atoms with Crippen molar-refractivity contribution >= 4 is 11.3 Å². The van der Waals surface area contributed by atoms with Crippen LogP contribution in [0, 0.1) is 17.1 Å². The minimum atomic E-state index is -0.573. The average molecular weight is 218 g/mol. The Balaban J connectivity index is 2.48. The van der Waals surface area contributed by atoms with Crippen LogP contribution in [0.1, 0.15) is 17.5 Å². The Labute approximate surface area is 92.9 Å². The third-order valence-electron chi connectivity index (χ3n) is 2.57. The molecule has 0 atom stereocenters. The highest BCUT2D eigenvalue weighted by Crippen LogP contribution is 2.28. The second kappa shape index (κ2) is 4.33. The molecule has 0 aliphatic carbocycles. The molecule has 2 rings (SSSR count). The quantitative estimate of drug-likeness (QED) is 0.734. The van der Waals surface area contributed by atoms with Crippen LogP contribution in [-0.4, -0.2) is 13.2 Å². The monoisotopic (exact) mass is 218 g/mol. The third kappa shape index (κ3) is 1.90. The number of nitrogens with zero attached hydrogens (tertiary/aromatic N) is 1. The van der Waals surface area contributed by atoms with Crippen molar-refractivity contribution in [3.05, 3.63) is 35.2 Å². The van der Waals surface area contributed by atoms with Crippen LogP contribution in [0.25, 0.3) is 5.57 Å². The lowest BCUT2D eigenvalue weighted by Crippen LogP contribution is -2.06. The molecule has 1 aliphatic rings. The SMILES string of the molecule is N#Cc1cc(C2=CCOCC2)c(N)cc1F. The zero-order valence-corrected chi connectivity index (χ0v) is 8.66. The Bertz CT molecular complexity index is 489. The van der Waals surface area contributed by atoms with Crippen LogP contribution in [0.4, 0.5) is 10.1 Å². The molecule has 4 heteroatoms. The van der Waals surface area contributed by atoms with Gasteiger partial charge in [-0.15, -0.1) is 0 Å². The van der Waals surface area contributed by atoms with Gasteiger partial charge >= 0.3 is 0 Å². The van der Waals surface area contributed by atoms with Gasteiger partial charge in [0.2, 0.25) is 0 Å². The van der Waals surface area contributed by atoms with E-state index in [0.29, 0.717) is 18.9 Å². The van der Waals surface area contributed by atoms with Gasteiger partial charge in [0, 0.05) is 11.3 Å². The first-order valence-corrected chi connectivity index (χ1v) is 4.98. The normalized spacial score (nSPS) is 15.4. The van der Waals surface area contributed by atoms with Gasteiger partial charge in [-0.3, -0.25) is 0 Å². The number of nitriles is 1. The lowest BCUT2D eigenvalue weighted by Gasteiger charge is -2.15. The van der Waals surface area contributed by atoms with Crippen molar-refractivity contribution in [3.63, 3.8) is 0 Å². The van der Waals surface area contributed by atoms with Gasteiger partial charge in [0.1, 0.15) is 11.9 Å². The zero-order chi connectivity index (χ0) is 11.5. The molecular formula is C12H11FN2O. The number of nitrogen functional groups attached to an aromatic ring is 1. The van der Waals surface area contributed by atoms with Gasteiger partial charge in [-0.05, 0) is 24.1 Å². The summed E-state index contributed by atoms with van der Waals surface area (Å²) in [5.41, 5.74) is 7.89. The van der Waals surface area contributed by atoms with Crippen LogP contribution in [0.3, 0.4) is 0 Å². The predicted octanol–water partition coefficient (Wildman–Crippen LogP) is 2.08. The van der Waals surface area contributed by atoms with E-state index in [4.69, 9.17) is 15.7 Å². The number of rotatable bonds is 1. The number of nitrogens with two attached hydrogens (primary N) is 1. The number of halogens is 1. The van der Waals surface area contributed by atoms with E-state index in [0.717, 1.165) is 17.6 Å². The maximum absolute atomic E-state index is 13.3. The van der Waals surface area contributed by atoms with Crippen molar-refractivity contribution in [1.29, 1.82) is 5.26 Å². The highest BCUT2D eigenvalue weighted by molar-refractivity contribution is 5.76. The highest BCUT2D eigenvalue weighted by atomic mass is 19.1. The lowest BCUT2D eigenvalue weighted by atomic mass is 9.98. The van der Waals surface area contributed by atoms with Crippen molar-refractivity contribution in [2.45, 2.75) is 6.42 Å². The molecule has 1 heterocycles. The number of ether oxygens (including phenoxy) is 1. The Hall–Kier alpha value is -1.86. The summed E-state index contributed by atoms with van der Waals surface area (Å²) in [6, 6.07) is 4.51. The third-order valence-corrected chi connectivity index (χ3v) is 2.57. The molecule has 1 aromatic carbocycles. The van der Waals surface area contributed by atoms with Crippen molar-refractivity contribution in [1.82, 2.24) is 0 Å². The molecule has 3 nitrogen and oxygen atoms in total. The first-order chi connectivity index (χ1) is 7.72. The van der Waals surface area contributed by atoms with Gasteiger partial charge in [0.05, 0.1) is 18.8 Å². The molecule has 0 spiro atoms. The summed E-state index contributed by atoms with van der Waals surface area (Å²) >= 11 is 0. The van der Waals surface area contributed by atoms with Crippen LogP contribution in [0.5, 0.6) is 0 Å². The molecule has 0 saturated carbocycles. The van der Waals surface area contributed by atoms with Crippen LogP contribution in [0.2, 0.25) is 0 Å². The predicted molar refractivity (Wildman–Crippen MR) is 58.9 cm³/mol. The fraction of sp³-hybridized carbons (Fsp3) is 0.250. The summed E-state index contributed by atoms with van der Waals surface area (Å²) in [6.45, 7) is 1.17. The molecule has 0 unspecified atom stereocenters. The van der Waals surface area contributed by atoms with Gasteiger partial charge in [-0.2, -0.15) is 5.26 Å². The van der Waals surface area contributed by atoms with E-state index < -0.39 is 5.82 Å². The lowest BCUT2D eigenvalue weighted by molar-refractivity contribution is 0.161. The van der Waals surface area contributed by atoms with Crippen LogP contribution in [0.15, 0.2) is 18.2 Å². The van der Waals surface area contributed by atoms with Crippen LogP contribution >= 0.6 is 0 Å². The molecule has 0 saturated heterocycles. The first-order valence-electron chi connectivity index (χ1n) is 4.98. The number of hydrogen-bond acceptors (Lipinski definition) is 3. The van der Waals surface area contributed by atoms with Crippen LogP contribution < -0.4 is 5.73 Å². The van der Waals surface area contributed by atoms with Gasteiger partial charge in [0.25, 0.3) is 0 Å². The molecule has 0 aromatic heterocycles. The fourth-order valence-corrected chi connectivity index (χ4v) is 1.72. The number of anilines is 1. The van der Waals surface area contributed by atoms with E-state index in [2.05, 4.69) is 0 Å². The summed E-state index contributed by atoms with van der Waals surface area (Å²) in [4.78, 5) is 0. The van der Waals surface area contributed by atoms with Crippen molar-refractivity contribution in [2.75, 3.05) is 18.9 Å². The van der Waals surface area contributed by atoms with Crippen LogP contribution in [-0.2, 0) is 4.74 Å². The summed E-state index contributed by atoms with van der Waals surface area (Å²) in [7, 11) is 0. The average Bonchev–Trinajstić information content (AvgIpc) is 2.30. The van der Waals surface area contributed by atoms with Crippen molar-refractivity contribution in [3.8, 4) is 6.07 Å². The van der Waals surface area contributed by atoms with E-state index in [1.54, 1.807) is 0 Å². The Morgan fingerprint density at radius 2 is 2.25 bits per heavy atom. The molecule has 1 aliphatic heterocycles. The maximum Gasteiger partial charge on any atom is 0.143 e. The Morgan fingerprint density at radius 1 is 1.44 bits per heavy atom. The minimum Gasteiger partial charge on any atom is -0.398 e. The second-order valence-corrected chi connectivity index (χ2v) is 3.59. The van der Waals surface area contributed by atoms with Gasteiger partial charge < -0.3 is 10.5 Å². The smallest absolute Gasteiger partial charge is 0.143 e. The van der Waals surface area contributed by atoms with E-state index in [9.17, 15) is 4.39 Å². The fourth-order valence-electron chi connectivity index (χ4n) is 1.72. The molecule has 0 amide bonds. The molecule has 1 aromatic rings. The van der Waals surface area contributed by atoms with E-state index >= 15 is 0 Å². The van der Waals surface area contributed by atoms with Crippen molar-refractivity contribution in [2.24, 2.45) is 0 Å². The van der Waals surface area contributed by atoms with Gasteiger partial charge in [-0.1, -0.05) is 6.08 Å². The molecule has 2 N–H and O–H groups in total. The maximum atomic E-state index is 13.3. The Kier molecular flexibility index (Phi) is 2.88. The largest absolute Gasteiger partial charge is 0.398 e. The summed E-state index contributed by atoms with van der Waals surface area (Å²) < 4.78 is 18.4. The molecule has 0 radical (unpaired) electrons.